The number of nitrogens with zero attached hydrogens (tertiary/aromatic N) is 3. The summed E-state index contributed by atoms with van der Waals surface area (Å²) in [6.45, 7) is 6.75. The van der Waals surface area contributed by atoms with Crippen LogP contribution in [0.25, 0.3) is 0 Å². The highest BCUT2D eigenvalue weighted by Crippen LogP contribution is 2.29. The molecular formula is C16H21F3N4. The molecule has 23 heavy (non-hydrogen) atoms. The van der Waals surface area contributed by atoms with E-state index in [-0.39, 0.29) is 17.4 Å². The molecule has 0 unspecified atom stereocenters. The van der Waals surface area contributed by atoms with Crippen molar-refractivity contribution >= 4 is 5.82 Å². The Morgan fingerprint density at radius 3 is 2.78 bits per heavy atom. The van der Waals surface area contributed by atoms with Crippen molar-refractivity contribution in [3.8, 4) is 6.07 Å². The average molecular weight is 326 g/mol. The van der Waals surface area contributed by atoms with Crippen molar-refractivity contribution in [3.63, 3.8) is 0 Å². The van der Waals surface area contributed by atoms with Gasteiger partial charge in [-0.15, -0.1) is 0 Å². The molecule has 1 N–H and O–H groups in total. The first-order chi connectivity index (χ1) is 10.8. The zero-order chi connectivity index (χ0) is 17.0. The smallest absolute Gasteiger partial charge is 0.367 e. The summed E-state index contributed by atoms with van der Waals surface area (Å²) in [5.74, 6) is 0.552. The van der Waals surface area contributed by atoms with Gasteiger partial charge in [-0.2, -0.15) is 18.4 Å². The fourth-order valence-corrected chi connectivity index (χ4v) is 2.89. The lowest BCUT2D eigenvalue weighted by atomic mass is 10.1. The van der Waals surface area contributed by atoms with Crippen LogP contribution in [-0.4, -0.2) is 35.6 Å². The molecule has 1 aromatic heterocycles. The van der Waals surface area contributed by atoms with E-state index >= 15 is 0 Å². The Labute approximate surface area is 134 Å². The van der Waals surface area contributed by atoms with Crippen LogP contribution in [0, 0.1) is 17.2 Å². The molecule has 126 valence electrons. The lowest BCUT2D eigenvalue weighted by molar-refractivity contribution is -0.141. The molecular weight excluding hydrogens is 305 g/mol. The van der Waals surface area contributed by atoms with Gasteiger partial charge in [-0.05, 0) is 37.4 Å². The molecule has 0 saturated carbocycles. The second-order valence-corrected chi connectivity index (χ2v) is 6.27. The summed E-state index contributed by atoms with van der Waals surface area (Å²) in [5.41, 5.74) is -0.851. The van der Waals surface area contributed by atoms with Gasteiger partial charge < -0.3 is 5.32 Å². The number of pyridine rings is 1. The van der Waals surface area contributed by atoms with Gasteiger partial charge in [0, 0.05) is 19.1 Å². The quantitative estimate of drug-likeness (QED) is 0.900. The van der Waals surface area contributed by atoms with Crippen LogP contribution in [-0.2, 0) is 6.18 Å². The molecule has 4 nitrogen and oxygen atoms in total. The van der Waals surface area contributed by atoms with Crippen LogP contribution in [0.1, 0.15) is 37.9 Å². The Hall–Kier alpha value is -1.81. The minimum atomic E-state index is -4.51. The molecule has 1 fully saturated rings. The number of hydrogen-bond donors (Lipinski definition) is 1. The highest BCUT2D eigenvalue weighted by atomic mass is 19.4. The normalized spacial score (nSPS) is 19.1. The summed E-state index contributed by atoms with van der Waals surface area (Å²) >= 11 is 0. The van der Waals surface area contributed by atoms with Gasteiger partial charge >= 0.3 is 6.18 Å². The molecule has 0 spiro atoms. The van der Waals surface area contributed by atoms with Gasteiger partial charge in [0.2, 0.25) is 0 Å². The van der Waals surface area contributed by atoms with Crippen molar-refractivity contribution in [2.24, 2.45) is 5.92 Å². The lowest BCUT2D eigenvalue weighted by Crippen LogP contribution is -2.37. The molecule has 0 aromatic carbocycles. The molecule has 0 bridgehead atoms. The Balaban J connectivity index is 2.09. The van der Waals surface area contributed by atoms with E-state index in [9.17, 15) is 13.2 Å². The fourth-order valence-electron chi connectivity index (χ4n) is 2.89. The molecule has 1 aliphatic heterocycles. The third-order valence-electron chi connectivity index (χ3n) is 3.91. The van der Waals surface area contributed by atoms with Crippen LogP contribution in [0.3, 0.4) is 0 Å². The van der Waals surface area contributed by atoms with E-state index in [1.165, 1.54) is 6.07 Å². The van der Waals surface area contributed by atoms with Crippen molar-refractivity contribution in [1.29, 1.82) is 5.26 Å². The first-order valence-corrected chi connectivity index (χ1v) is 7.77. The van der Waals surface area contributed by atoms with Gasteiger partial charge in [0.1, 0.15) is 17.6 Å². The Morgan fingerprint density at radius 2 is 2.17 bits per heavy atom. The van der Waals surface area contributed by atoms with Crippen molar-refractivity contribution in [3.05, 3.63) is 23.4 Å². The molecule has 0 radical (unpaired) electrons. The van der Waals surface area contributed by atoms with Crippen molar-refractivity contribution in [2.45, 2.75) is 38.9 Å². The number of anilines is 1. The molecule has 0 amide bonds. The van der Waals surface area contributed by atoms with Gasteiger partial charge in [0.25, 0.3) is 0 Å². The standard InChI is InChI=1S/C16H21F3N4/c1-11(2)10-23-7-3-4-13(23)9-21-15-12(8-20)5-6-14(22-15)16(17,18)19/h5-6,11,13H,3-4,7,9-10H2,1-2H3,(H,21,22)/t13-/m1/s1. The summed E-state index contributed by atoms with van der Waals surface area (Å²) in [7, 11) is 0. The molecule has 0 aliphatic carbocycles. The maximum absolute atomic E-state index is 12.8. The highest BCUT2D eigenvalue weighted by molar-refractivity contribution is 5.52. The molecule has 1 atom stereocenters. The van der Waals surface area contributed by atoms with E-state index in [0.29, 0.717) is 12.5 Å². The number of likely N-dealkylation sites (tertiary alicyclic amines) is 1. The van der Waals surface area contributed by atoms with E-state index in [0.717, 1.165) is 32.0 Å². The van der Waals surface area contributed by atoms with E-state index in [1.54, 1.807) is 0 Å². The largest absolute Gasteiger partial charge is 0.433 e. The van der Waals surface area contributed by atoms with Crippen LogP contribution in [0.15, 0.2) is 12.1 Å². The minimum Gasteiger partial charge on any atom is -0.367 e. The number of halogens is 3. The maximum Gasteiger partial charge on any atom is 0.433 e. The van der Waals surface area contributed by atoms with E-state index in [4.69, 9.17) is 5.26 Å². The highest BCUT2D eigenvalue weighted by Gasteiger charge is 2.33. The van der Waals surface area contributed by atoms with Gasteiger partial charge in [-0.25, -0.2) is 4.98 Å². The molecule has 7 heteroatoms. The Bertz CT molecular complexity index is 578. The number of alkyl halides is 3. The minimum absolute atomic E-state index is 0.0127. The van der Waals surface area contributed by atoms with Crippen molar-refractivity contribution in [2.75, 3.05) is 25.0 Å². The monoisotopic (exact) mass is 326 g/mol. The van der Waals surface area contributed by atoms with Gasteiger partial charge in [0.05, 0.1) is 5.56 Å². The number of aromatic nitrogens is 1. The zero-order valence-corrected chi connectivity index (χ0v) is 13.3. The third-order valence-corrected chi connectivity index (χ3v) is 3.91. The van der Waals surface area contributed by atoms with Crippen LogP contribution in [0.2, 0.25) is 0 Å². The van der Waals surface area contributed by atoms with Crippen molar-refractivity contribution in [1.82, 2.24) is 9.88 Å². The summed E-state index contributed by atoms with van der Waals surface area (Å²) in [4.78, 5) is 5.93. The topological polar surface area (TPSA) is 52.0 Å². The molecule has 1 saturated heterocycles. The number of hydrogen-bond acceptors (Lipinski definition) is 4. The van der Waals surface area contributed by atoms with Crippen LogP contribution in [0.5, 0.6) is 0 Å². The Morgan fingerprint density at radius 1 is 1.43 bits per heavy atom. The second-order valence-electron chi connectivity index (χ2n) is 6.27. The lowest BCUT2D eigenvalue weighted by Gasteiger charge is -2.26. The number of rotatable bonds is 5. The Kier molecular flexibility index (Phi) is 5.47. The first-order valence-electron chi connectivity index (χ1n) is 7.77. The predicted molar refractivity (Wildman–Crippen MR) is 81.9 cm³/mol. The van der Waals surface area contributed by atoms with Crippen LogP contribution < -0.4 is 5.32 Å². The van der Waals surface area contributed by atoms with Crippen LogP contribution >= 0.6 is 0 Å². The maximum atomic E-state index is 12.8. The summed E-state index contributed by atoms with van der Waals surface area (Å²) in [5, 5.41) is 12.0. The third kappa shape index (κ3) is 4.58. The molecule has 1 aliphatic rings. The summed E-state index contributed by atoms with van der Waals surface area (Å²) in [6.07, 6.45) is -2.43. The zero-order valence-electron chi connectivity index (χ0n) is 13.3. The number of nitrogens with one attached hydrogen (secondary N) is 1. The van der Waals surface area contributed by atoms with E-state index < -0.39 is 11.9 Å². The summed E-state index contributed by atoms with van der Waals surface area (Å²) in [6, 6.07) is 4.15. The molecule has 2 rings (SSSR count). The van der Waals surface area contributed by atoms with Gasteiger partial charge in [-0.1, -0.05) is 13.8 Å². The summed E-state index contributed by atoms with van der Waals surface area (Å²) < 4.78 is 38.3. The van der Waals surface area contributed by atoms with Gasteiger partial charge in [-0.3, -0.25) is 4.90 Å². The molecule has 2 heterocycles. The second kappa shape index (κ2) is 7.18. The van der Waals surface area contributed by atoms with Gasteiger partial charge in [0.15, 0.2) is 0 Å². The average Bonchev–Trinajstić information content (AvgIpc) is 2.90. The van der Waals surface area contributed by atoms with E-state index in [1.807, 2.05) is 6.07 Å². The fraction of sp³-hybridized carbons (Fsp3) is 0.625. The molecule has 1 aromatic rings. The number of nitriles is 1. The van der Waals surface area contributed by atoms with E-state index in [2.05, 4.69) is 29.0 Å². The first kappa shape index (κ1) is 17.5. The van der Waals surface area contributed by atoms with Crippen molar-refractivity contribution < 1.29 is 13.2 Å². The SMILES string of the molecule is CC(C)CN1CCC[C@@H]1CNc1nc(C(F)(F)F)ccc1C#N. The van der Waals surface area contributed by atoms with Crippen LogP contribution in [0.4, 0.5) is 19.0 Å². The predicted octanol–water partition coefficient (Wildman–Crippen LogP) is 3.50.